The van der Waals surface area contributed by atoms with Crippen LogP contribution in [0, 0.1) is 5.92 Å². The van der Waals surface area contributed by atoms with Crippen LogP contribution in [0.1, 0.15) is 19.5 Å². The molecule has 0 saturated heterocycles. The number of carbonyl (C=O) groups excluding carboxylic acids is 2. The summed E-state index contributed by atoms with van der Waals surface area (Å²) in [6, 6.07) is 13.9. The Kier molecular flexibility index (Phi) is 6.31. The van der Waals surface area contributed by atoms with Crippen LogP contribution in [0.4, 0.5) is 0 Å². The minimum atomic E-state index is -0.675. The summed E-state index contributed by atoms with van der Waals surface area (Å²) in [5.74, 6) is 0.534. The minimum absolute atomic E-state index is 0.00851. The highest BCUT2D eigenvalue weighted by molar-refractivity contribution is 5.78. The van der Waals surface area contributed by atoms with Crippen LogP contribution in [0.25, 0.3) is 0 Å². The van der Waals surface area contributed by atoms with Gasteiger partial charge in [-0.2, -0.15) is 0 Å². The van der Waals surface area contributed by atoms with Gasteiger partial charge in [0.2, 0.25) is 12.3 Å². The molecule has 2 aromatic rings. The lowest BCUT2D eigenvalue weighted by atomic mass is 10.1. The number of para-hydroxylation sites is 1. The first-order valence-corrected chi connectivity index (χ1v) is 7.65. The molecule has 0 radical (unpaired) electrons. The zero-order chi connectivity index (χ0) is 17.4. The lowest BCUT2D eigenvalue weighted by molar-refractivity contribution is -0.149. The van der Waals surface area contributed by atoms with E-state index in [0.717, 1.165) is 0 Å². The number of hydrogen-bond acceptors (Lipinski definition) is 5. The average Bonchev–Trinajstić information content (AvgIpc) is 2.58. The number of rotatable bonds is 8. The maximum absolute atomic E-state index is 12.0. The van der Waals surface area contributed by atoms with E-state index in [-0.39, 0.29) is 12.5 Å². The monoisotopic (exact) mass is 328 g/mol. The Bertz CT molecular complexity index is 674. The predicted octanol–water partition coefficient (Wildman–Crippen LogP) is 2.69. The largest absolute Gasteiger partial charge is 0.458 e. The standard InChI is InChI=1S/C18H20N2O4/c1-13(2)17(19-12-21)18(22)23-11-14-7-6-10-16(20-14)24-15-8-4-3-5-9-15/h3-10,12-13,17H,11H2,1-2H3,(H,19,21). The minimum Gasteiger partial charge on any atom is -0.458 e. The zero-order valence-corrected chi connectivity index (χ0v) is 13.6. The summed E-state index contributed by atoms with van der Waals surface area (Å²) in [5.41, 5.74) is 0.561. The quantitative estimate of drug-likeness (QED) is 0.595. The number of pyridine rings is 1. The van der Waals surface area contributed by atoms with Gasteiger partial charge in [-0.3, -0.25) is 4.79 Å². The third-order valence-corrected chi connectivity index (χ3v) is 3.28. The van der Waals surface area contributed by atoms with Gasteiger partial charge in [0.05, 0.1) is 5.69 Å². The van der Waals surface area contributed by atoms with Crippen LogP contribution in [0.15, 0.2) is 48.5 Å². The highest BCUT2D eigenvalue weighted by Gasteiger charge is 2.23. The second-order valence-corrected chi connectivity index (χ2v) is 5.50. The van der Waals surface area contributed by atoms with Gasteiger partial charge in [-0.1, -0.05) is 38.1 Å². The first kappa shape index (κ1) is 17.5. The van der Waals surface area contributed by atoms with Gasteiger partial charge in [-0.15, -0.1) is 0 Å². The van der Waals surface area contributed by atoms with E-state index in [4.69, 9.17) is 9.47 Å². The van der Waals surface area contributed by atoms with Crippen LogP contribution < -0.4 is 10.1 Å². The molecule has 1 atom stereocenters. The molecule has 1 aromatic heterocycles. The SMILES string of the molecule is CC(C)C(NC=O)C(=O)OCc1cccc(Oc2ccccc2)n1. The van der Waals surface area contributed by atoms with Crippen LogP contribution in [-0.2, 0) is 20.9 Å². The van der Waals surface area contributed by atoms with Gasteiger partial charge in [0.25, 0.3) is 0 Å². The van der Waals surface area contributed by atoms with Gasteiger partial charge in [0.1, 0.15) is 18.4 Å². The van der Waals surface area contributed by atoms with Gasteiger partial charge in [0.15, 0.2) is 0 Å². The van der Waals surface area contributed by atoms with E-state index in [9.17, 15) is 9.59 Å². The van der Waals surface area contributed by atoms with Crippen LogP contribution >= 0.6 is 0 Å². The van der Waals surface area contributed by atoms with Crippen LogP contribution in [0.5, 0.6) is 11.6 Å². The Morgan fingerprint density at radius 1 is 1.17 bits per heavy atom. The summed E-state index contributed by atoms with van der Waals surface area (Å²) in [7, 11) is 0. The number of esters is 1. The zero-order valence-electron chi connectivity index (χ0n) is 13.6. The fourth-order valence-electron chi connectivity index (χ4n) is 2.04. The normalized spacial score (nSPS) is 11.6. The van der Waals surface area contributed by atoms with Crippen LogP contribution in [-0.4, -0.2) is 23.4 Å². The van der Waals surface area contributed by atoms with E-state index in [2.05, 4.69) is 10.3 Å². The summed E-state index contributed by atoms with van der Waals surface area (Å²) in [5, 5.41) is 2.46. The lowest BCUT2D eigenvalue weighted by Crippen LogP contribution is -2.41. The van der Waals surface area contributed by atoms with Crippen molar-refractivity contribution in [1.82, 2.24) is 10.3 Å². The third kappa shape index (κ3) is 5.08. The Morgan fingerprint density at radius 3 is 2.58 bits per heavy atom. The van der Waals surface area contributed by atoms with E-state index in [1.165, 1.54) is 0 Å². The Labute approximate surface area is 140 Å². The van der Waals surface area contributed by atoms with E-state index >= 15 is 0 Å². The molecule has 0 aliphatic heterocycles. The summed E-state index contributed by atoms with van der Waals surface area (Å²) in [6.07, 6.45) is 0.499. The maximum atomic E-state index is 12.0. The molecule has 0 spiro atoms. The van der Waals surface area contributed by atoms with Crippen molar-refractivity contribution in [2.75, 3.05) is 0 Å². The molecule has 0 fully saturated rings. The van der Waals surface area contributed by atoms with Gasteiger partial charge in [0, 0.05) is 6.07 Å². The first-order chi connectivity index (χ1) is 11.6. The lowest BCUT2D eigenvalue weighted by Gasteiger charge is -2.18. The molecule has 1 unspecified atom stereocenters. The molecule has 0 bridgehead atoms. The summed E-state index contributed by atoms with van der Waals surface area (Å²) < 4.78 is 10.9. The number of carbonyl (C=O) groups is 2. The van der Waals surface area contributed by atoms with E-state index in [1.54, 1.807) is 18.2 Å². The molecule has 0 saturated carbocycles. The Balaban J connectivity index is 1.96. The van der Waals surface area contributed by atoms with Crippen molar-refractivity contribution < 1.29 is 19.1 Å². The molecule has 0 aliphatic carbocycles. The average molecular weight is 328 g/mol. The number of benzene rings is 1. The molecule has 6 nitrogen and oxygen atoms in total. The number of nitrogens with zero attached hydrogens (tertiary/aromatic N) is 1. The van der Waals surface area contributed by atoms with Crippen molar-refractivity contribution in [3.63, 3.8) is 0 Å². The van der Waals surface area contributed by atoms with E-state index < -0.39 is 12.0 Å². The second-order valence-electron chi connectivity index (χ2n) is 5.50. The van der Waals surface area contributed by atoms with Crippen molar-refractivity contribution in [2.45, 2.75) is 26.5 Å². The first-order valence-electron chi connectivity index (χ1n) is 7.65. The third-order valence-electron chi connectivity index (χ3n) is 3.28. The fourth-order valence-corrected chi connectivity index (χ4v) is 2.04. The number of ether oxygens (including phenoxy) is 2. The topological polar surface area (TPSA) is 77.5 Å². The number of aromatic nitrogens is 1. The molecule has 24 heavy (non-hydrogen) atoms. The van der Waals surface area contributed by atoms with Gasteiger partial charge < -0.3 is 14.8 Å². The van der Waals surface area contributed by atoms with Crippen LogP contribution in [0.2, 0.25) is 0 Å². The van der Waals surface area contributed by atoms with Crippen molar-refractivity contribution in [3.05, 3.63) is 54.2 Å². The van der Waals surface area contributed by atoms with Crippen molar-refractivity contribution >= 4 is 12.4 Å². The van der Waals surface area contributed by atoms with Crippen molar-refractivity contribution in [2.24, 2.45) is 5.92 Å². The molecule has 1 amide bonds. The molecular weight excluding hydrogens is 308 g/mol. The van der Waals surface area contributed by atoms with Gasteiger partial charge in [-0.05, 0) is 24.1 Å². The molecule has 126 valence electrons. The smallest absolute Gasteiger partial charge is 0.329 e. The highest BCUT2D eigenvalue weighted by Crippen LogP contribution is 2.19. The molecule has 1 heterocycles. The molecule has 1 aromatic carbocycles. The molecular formula is C18H20N2O4. The second kappa shape index (κ2) is 8.67. The molecule has 2 rings (SSSR count). The van der Waals surface area contributed by atoms with Crippen LogP contribution in [0.3, 0.4) is 0 Å². The van der Waals surface area contributed by atoms with Crippen molar-refractivity contribution in [1.29, 1.82) is 0 Å². The Hall–Kier alpha value is -2.89. The predicted molar refractivity (Wildman–Crippen MR) is 88.4 cm³/mol. The Morgan fingerprint density at radius 2 is 1.92 bits per heavy atom. The summed E-state index contributed by atoms with van der Waals surface area (Å²) in [4.78, 5) is 26.9. The maximum Gasteiger partial charge on any atom is 0.329 e. The molecule has 0 aliphatic rings. The van der Waals surface area contributed by atoms with Crippen molar-refractivity contribution in [3.8, 4) is 11.6 Å². The number of hydrogen-bond donors (Lipinski definition) is 1. The van der Waals surface area contributed by atoms with E-state index in [0.29, 0.717) is 23.7 Å². The molecule has 1 N–H and O–H groups in total. The molecule has 6 heteroatoms. The van der Waals surface area contributed by atoms with E-state index in [1.807, 2.05) is 44.2 Å². The number of nitrogens with one attached hydrogen (secondary N) is 1. The van der Waals surface area contributed by atoms with Gasteiger partial charge in [-0.25, -0.2) is 9.78 Å². The fraction of sp³-hybridized carbons (Fsp3) is 0.278. The summed E-state index contributed by atoms with van der Waals surface area (Å²) in [6.45, 7) is 3.67. The summed E-state index contributed by atoms with van der Waals surface area (Å²) >= 11 is 0. The highest BCUT2D eigenvalue weighted by atomic mass is 16.5. The number of amides is 1. The van der Waals surface area contributed by atoms with Gasteiger partial charge >= 0.3 is 5.97 Å².